The van der Waals surface area contributed by atoms with E-state index < -0.39 is 5.97 Å². The summed E-state index contributed by atoms with van der Waals surface area (Å²) in [6, 6.07) is 8.16. The molecule has 0 saturated heterocycles. The number of hydrogen-bond donors (Lipinski definition) is 2. The topological polar surface area (TPSA) is 66.4 Å². The quantitative estimate of drug-likeness (QED) is 0.844. The molecule has 21 heavy (non-hydrogen) atoms. The average molecular weight is 291 g/mol. The largest absolute Gasteiger partial charge is 0.481 e. The summed E-state index contributed by atoms with van der Waals surface area (Å²) < 4.78 is 0. The summed E-state index contributed by atoms with van der Waals surface area (Å²) in [7, 11) is 0. The molecule has 0 unspecified atom stereocenters. The minimum Gasteiger partial charge on any atom is -0.481 e. The van der Waals surface area contributed by atoms with Crippen LogP contribution in [0.25, 0.3) is 0 Å². The Morgan fingerprint density at radius 3 is 2.19 bits per heavy atom. The summed E-state index contributed by atoms with van der Waals surface area (Å²) in [5.74, 6) is -0.975. The third-order valence-corrected chi connectivity index (χ3v) is 3.45. The summed E-state index contributed by atoms with van der Waals surface area (Å²) in [5.41, 5.74) is 2.42. The van der Waals surface area contributed by atoms with Crippen LogP contribution in [-0.4, -0.2) is 17.0 Å². The molecular weight excluding hydrogens is 266 g/mol. The highest BCUT2D eigenvalue weighted by molar-refractivity contribution is 5.77. The molecule has 0 bridgehead atoms. The van der Waals surface area contributed by atoms with Crippen molar-refractivity contribution in [1.29, 1.82) is 0 Å². The highest BCUT2D eigenvalue weighted by Gasteiger charge is 2.15. The molecule has 0 aliphatic heterocycles. The highest BCUT2D eigenvalue weighted by Crippen LogP contribution is 2.23. The van der Waals surface area contributed by atoms with Crippen molar-refractivity contribution in [3.63, 3.8) is 0 Å². The Morgan fingerprint density at radius 2 is 1.71 bits per heavy atom. The number of carbonyl (C=O) groups is 2. The minimum atomic E-state index is -0.867. The normalized spacial score (nSPS) is 12.8. The maximum atomic E-state index is 11.7. The van der Waals surface area contributed by atoms with E-state index in [0.29, 0.717) is 6.42 Å². The maximum Gasteiger partial charge on any atom is 0.303 e. The van der Waals surface area contributed by atoms with E-state index in [0.717, 1.165) is 5.56 Å². The summed E-state index contributed by atoms with van der Waals surface area (Å²) >= 11 is 0. The third kappa shape index (κ3) is 5.98. The number of carboxylic acids is 1. The van der Waals surface area contributed by atoms with Crippen LogP contribution in [0.4, 0.5) is 0 Å². The summed E-state index contributed by atoms with van der Waals surface area (Å²) in [4.78, 5) is 22.1. The Kier molecular flexibility index (Phi) is 5.94. The predicted molar refractivity (Wildman–Crippen MR) is 83.2 cm³/mol. The van der Waals surface area contributed by atoms with E-state index in [-0.39, 0.29) is 30.2 Å². The van der Waals surface area contributed by atoms with Gasteiger partial charge in [0.25, 0.3) is 0 Å². The highest BCUT2D eigenvalue weighted by atomic mass is 16.4. The van der Waals surface area contributed by atoms with Crippen LogP contribution in [0.3, 0.4) is 0 Å². The SMILES string of the molecule is C[C@@H](NC(=O)CCCC(=O)O)c1ccc(C(C)(C)C)cc1. The van der Waals surface area contributed by atoms with Crippen LogP contribution in [0.15, 0.2) is 24.3 Å². The van der Waals surface area contributed by atoms with Crippen molar-refractivity contribution in [3.8, 4) is 0 Å². The number of nitrogens with one attached hydrogen (secondary N) is 1. The number of aliphatic carboxylic acids is 1. The molecule has 0 aliphatic carbocycles. The second-order valence-corrected chi connectivity index (χ2v) is 6.41. The molecule has 0 heterocycles. The fourth-order valence-electron chi connectivity index (χ4n) is 2.07. The lowest BCUT2D eigenvalue weighted by molar-refractivity contribution is -0.137. The van der Waals surface area contributed by atoms with Gasteiger partial charge >= 0.3 is 5.97 Å². The second-order valence-electron chi connectivity index (χ2n) is 6.41. The van der Waals surface area contributed by atoms with Crippen molar-refractivity contribution in [2.24, 2.45) is 0 Å². The number of benzene rings is 1. The van der Waals surface area contributed by atoms with E-state index >= 15 is 0 Å². The summed E-state index contributed by atoms with van der Waals surface area (Å²) in [5, 5.41) is 11.4. The van der Waals surface area contributed by atoms with E-state index in [2.05, 4.69) is 38.2 Å². The van der Waals surface area contributed by atoms with Gasteiger partial charge in [-0.3, -0.25) is 9.59 Å². The Labute approximate surface area is 126 Å². The lowest BCUT2D eigenvalue weighted by Crippen LogP contribution is -2.26. The standard InChI is InChI=1S/C17H25NO3/c1-12(18-15(19)6-5-7-16(20)21)13-8-10-14(11-9-13)17(2,3)4/h8-12H,5-7H2,1-4H3,(H,18,19)(H,20,21)/t12-/m1/s1. The van der Waals surface area contributed by atoms with Crippen LogP contribution in [0.1, 0.15) is 64.1 Å². The first-order valence-corrected chi connectivity index (χ1v) is 7.32. The van der Waals surface area contributed by atoms with Crippen LogP contribution >= 0.6 is 0 Å². The van der Waals surface area contributed by atoms with Gasteiger partial charge in [-0.2, -0.15) is 0 Å². The number of carboxylic acid groups (broad SMARTS) is 1. The van der Waals surface area contributed by atoms with Crippen molar-refractivity contribution in [1.82, 2.24) is 5.32 Å². The molecule has 1 aromatic carbocycles. The molecule has 1 amide bonds. The third-order valence-electron chi connectivity index (χ3n) is 3.45. The van der Waals surface area contributed by atoms with Gasteiger partial charge in [0, 0.05) is 12.8 Å². The first kappa shape index (κ1) is 17.2. The monoisotopic (exact) mass is 291 g/mol. The van der Waals surface area contributed by atoms with Crippen molar-refractivity contribution in [3.05, 3.63) is 35.4 Å². The molecule has 4 heteroatoms. The van der Waals surface area contributed by atoms with Gasteiger partial charge in [-0.15, -0.1) is 0 Å². The summed E-state index contributed by atoms with van der Waals surface area (Å²) in [6.45, 7) is 8.42. The molecule has 0 radical (unpaired) electrons. The molecule has 2 N–H and O–H groups in total. The molecule has 0 aliphatic rings. The van der Waals surface area contributed by atoms with Crippen LogP contribution in [-0.2, 0) is 15.0 Å². The van der Waals surface area contributed by atoms with E-state index in [1.165, 1.54) is 5.56 Å². The van der Waals surface area contributed by atoms with Gasteiger partial charge in [0.1, 0.15) is 0 Å². The molecular formula is C17H25NO3. The van der Waals surface area contributed by atoms with Crippen LogP contribution in [0.2, 0.25) is 0 Å². The molecule has 0 saturated carbocycles. The molecule has 1 aromatic rings. The maximum absolute atomic E-state index is 11.7. The second kappa shape index (κ2) is 7.25. The van der Waals surface area contributed by atoms with Gasteiger partial charge in [-0.05, 0) is 29.9 Å². The Morgan fingerprint density at radius 1 is 1.14 bits per heavy atom. The van der Waals surface area contributed by atoms with Gasteiger partial charge < -0.3 is 10.4 Å². The van der Waals surface area contributed by atoms with Gasteiger partial charge in [0.15, 0.2) is 0 Å². The molecule has 4 nitrogen and oxygen atoms in total. The van der Waals surface area contributed by atoms with Crippen LogP contribution < -0.4 is 5.32 Å². The first-order chi connectivity index (χ1) is 9.70. The van der Waals surface area contributed by atoms with E-state index in [1.54, 1.807) is 0 Å². The Hall–Kier alpha value is -1.84. The zero-order valence-corrected chi connectivity index (χ0v) is 13.3. The smallest absolute Gasteiger partial charge is 0.303 e. The van der Waals surface area contributed by atoms with Gasteiger partial charge in [-0.1, -0.05) is 45.0 Å². The molecule has 1 rings (SSSR count). The molecule has 1 atom stereocenters. The van der Waals surface area contributed by atoms with Crippen molar-refractivity contribution < 1.29 is 14.7 Å². The fourth-order valence-corrected chi connectivity index (χ4v) is 2.07. The Balaban J connectivity index is 2.53. The molecule has 0 aromatic heterocycles. The predicted octanol–water partition coefficient (Wildman–Crippen LogP) is 3.42. The van der Waals surface area contributed by atoms with Gasteiger partial charge in [0.05, 0.1) is 6.04 Å². The van der Waals surface area contributed by atoms with Crippen LogP contribution in [0, 0.1) is 0 Å². The first-order valence-electron chi connectivity index (χ1n) is 7.32. The van der Waals surface area contributed by atoms with E-state index in [9.17, 15) is 9.59 Å². The molecule has 0 spiro atoms. The van der Waals surface area contributed by atoms with Crippen molar-refractivity contribution >= 4 is 11.9 Å². The number of hydrogen-bond acceptors (Lipinski definition) is 2. The lowest BCUT2D eigenvalue weighted by atomic mass is 9.86. The molecule has 116 valence electrons. The van der Waals surface area contributed by atoms with E-state index in [1.807, 2.05) is 19.1 Å². The number of rotatable bonds is 6. The van der Waals surface area contributed by atoms with Gasteiger partial charge in [0.2, 0.25) is 5.91 Å². The summed E-state index contributed by atoms with van der Waals surface area (Å²) in [6.07, 6.45) is 0.648. The number of amides is 1. The van der Waals surface area contributed by atoms with E-state index in [4.69, 9.17) is 5.11 Å². The minimum absolute atomic E-state index is 0.0298. The zero-order valence-electron chi connectivity index (χ0n) is 13.3. The van der Waals surface area contributed by atoms with Crippen LogP contribution in [0.5, 0.6) is 0 Å². The fraction of sp³-hybridized carbons (Fsp3) is 0.529. The Bertz CT molecular complexity index is 486. The lowest BCUT2D eigenvalue weighted by Gasteiger charge is -2.20. The van der Waals surface area contributed by atoms with Crippen molar-refractivity contribution in [2.75, 3.05) is 0 Å². The zero-order chi connectivity index (χ0) is 16.0. The van der Waals surface area contributed by atoms with Crippen molar-refractivity contribution in [2.45, 2.75) is 58.4 Å². The molecule has 0 fully saturated rings. The average Bonchev–Trinajstić information content (AvgIpc) is 2.37. The van der Waals surface area contributed by atoms with Gasteiger partial charge in [-0.25, -0.2) is 0 Å². The number of carbonyl (C=O) groups excluding carboxylic acids is 1.